The summed E-state index contributed by atoms with van der Waals surface area (Å²) in [6, 6.07) is -0.146. The Bertz CT molecular complexity index is 119. The van der Waals surface area contributed by atoms with E-state index in [9.17, 15) is 4.79 Å². The summed E-state index contributed by atoms with van der Waals surface area (Å²) in [6.45, 7) is 0. The summed E-state index contributed by atoms with van der Waals surface area (Å²) in [7, 11) is 3.17. The van der Waals surface area contributed by atoms with E-state index in [1.54, 1.807) is 18.8 Å². The number of hydrogen-bond donors (Lipinski definition) is 1. The highest BCUT2D eigenvalue weighted by molar-refractivity contribution is 7.98. The van der Waals surface area contributed by atoms with Gasteiger partial charge >= 0.3 is 5.97 Å². The quantitative estimate of drug-likeness (QED) is 0.621. The standard InChI is InChI=1S/C7H15NO2S/c1-8-6(4-5-11-3)7(9)10-2/h6,8H,4-5H2,1-3H3/t6-/m1/s1. The number of carbonyl (C=O) groups is 1. The van der Waals surface area contributed by atoms with Gasteiger partial charge in [0.25, 0.3) is 0 Å². The largest absolute Gasteiger partial charge is 0.468 e. The second kappa shape index (κ2) is 6.49. The first-order valence-electron chi connectivity index (χ1n) is 3.50. The summed E-state index contributed by atoms with van der Waals surface area (Å²) in [5.41, 5.74) is 0. The summed E-state index contributed by atoms with van der Waals surface area (Å²) in [4.78, 5) is 11.0. The maximum atomic E-state index is 11.0. The van der Waals surface area contributed by atoms with Gasteiger partial charge in [-0.1, -0.05) is 0 Å². The molecule has 0 aromatic heterocycles. The zero-order chi connectivity index (χ0) is 8.69. The van der Waals surface area contributed by atoms with E-state index in [1.165, 1.54) is 7.11 Å². The Morgan fingerprint density at radius 1 is 1.73 bits per heavy atom. The molecule has 0 amide bonds. The molecule has 0 saturated heterocycles. The van der Waals surface area contributed by atoms with E-state index < -0.39 is 0 Å². The van der Waals surface area contributed by atoms with Crippen molar-refractivity contribution in [1.82, 2.24) is 5.32 Å². The molecule has 0 aliphatic heterocycles. The van der Waals surface area contributed by atoms with Crippen molar-refractivity contribution in [3.63, 3.8) is 0 Å². The van der Waals surface area contributed by atoms with Crippen molar-refractivity contribution in [3.05, 3.63) is 0 Å². The number of nitrogens with one attached hydrogen (secondary N) is 1. The molecule has 4 heteroatoms. The minimum absolute atomic E-state index is 0.146. The predicted octanol–water partition coefficient (Wildman–Crippen LogP) is 0.500. The average Bonchev–Trinajstić information content (AvgIpc) is 2.05. The lowest BCUT2D eigenvalue weighted by atomic mass is 10.2. The van der Waals surface area contributed by atoms with Crippen LogP contribution in [0.5, 0.6) is 0 Å². The van der Waals surface area contributed by atoms with Gasteiger partial charge in [0.05, 0.1) is 7.11 Å². The zero-order valence-electron chi connectivity index (χ0n) is 7.22. The van der Waals surface area contributed by atoms with Gasteiger partial charge in [-0.3, -0.25) is 4.79 Å². The smallest absolute Gasteiger partial charge is 0.322 e. The van der Waals surface area contributed by atoms with E-state index in [2.05, 4.69) is 10.1 Å². The van der Waals surface area contributed by atoms with Crippen LogP contribution in [-0.2, 0) is 9.53 Å². The van der Waals surface area contributed by atoms with Crippen LogP contribution < -0.4 is 5.32 Å². The van der Waals surface area contributed by atoms with Crippen LogP contribution >= 0.6 is 11.8 Å². The number of carbonyl (C=O) groups excluding carboxylic acids is 1. The molecule has 0 bridgehead atoms. The SMILES string of the molecule is CN[C@H](CCSC)C(=O)OC. The van der Waals surface area contributed by atoms with E-state index in [-0.39, 0.29) is 12.0 Å². The highest BCUT2D eigenvalue weighted by Crippen LogP contribution is 2.01. The molecular formula is C7H15NO2S. The lowest BCUT2D eigenvalue weighted by Crippen LogP contribution is -2.35. The van der Waals surface area contributed by atoms with Gasteiger partial charge in [0, 0.05) is 0 Å². The molecule has 0 aliphatic rings. The normalized spacial score (nSPS) is 12.6. The molecule has 1 atom stereocenters. The first kappa shape index (κ1) is 10.8. The summed E-state index contributed by atoms with van der Waals surface area (Å²) < 4.78 is 4.59. The van der Waals surface area contributed by atoms with Gasteiger partial charge in [-0.05, 0) is 25.5 Å². The second-order valence-electron chi connectivity index (χ2n) is 2.15. The summed E-state index contributed by atoms with van der Waals surface area (Å²) in [6.07, 6.45) is 2.84. The molecule has 0 saturated carbocycles. The first-order valence-corrected chi connectivity index (χ1v) is 4.89. The van der Waals surface area contributed by atoms with Crippen molar-refractivity contribution >= 4 is 17.7 Å². The number of hydrogen-bond acceptors (Lipinski definition) is 4. The first-order chi connectivity index (χ1) is 5.26. The molecule has 0 aliphatic carbocycles. The highest BCUT2D eigenvalue weighted by atomic mass is 32.2. The van der Waals surface area contributed by atoms with E-state index in [0.29, 0.717) is 0 Å². The maximum Gasteiger partial charge on any atom is 0.322 e. The Labute approximate surface area is 71.9 Å². The third kappa shape index (κ3) is 4.27. The van der Waals surface area contributed by atoms with Crippen LogP contribution in [0.3, 0.4) is 0 Å². The topological polar surface area (TPSA) is 38.3 Å². The fourth-order valence-electron chi connectivity index (χ4n) is 0.758. The van der Waals surface area contributed by atoms with Gasteiger partial charge in [0.15, 0.2) is 0 Å². The molecule has 0 rings (SSSR count). The van der Waals surface area contributed by atoms with Gasteiger partial charge in [-0.25, -0.2) is 0 Å². The summed E-state index contributed by atoms with van der Waals surface area (Å²) in [5.74, 6) is 0.794. The Hall–Kier alpha value is -0.220. The van der Waals surface area contributed by atoms with Crippen LogP contribution in [0.25, 0.3) is 0 Å². The molecule has 3 nitrogen and oxygen atoms in total. The van der Waals surface area contributed by atoms with Crippen molar-refractivity contribution in [2.24, 2.45) is 0 Å². The molecule has 0 radical (unpaired) electrons. The van der Waals surface area contributed by atoms with Gasteiger partial charge in [-0.2, -0.15) is 11.8 Å². The van der Waals surface area contributed by atoms with Gasteiger partial charge in [0.2, 0.25) is 0 Å². The summed E-state index contributed by atoms with van der Waals surface area (Å²) in [5, 5.41) is 2.90. The number of esters is 1. The van der Waals surface area contributed by atoms with E-state index >= 15 is 0 Å². The average molecular weight is 177 g/mol. The number of ether oxygens (including phenoxy) is 1. The van der Waals surface area contributed by atoms with Gasteiger partial charge in [-0.15, -0.1) is 0 Å². The Morgan fingerprint density at radius 3 is 2.73 bits per heavy atom. The molecule has 0 aromatic carbocycles. The molecule has 66 valence electrons. The molecule has 0 heterocycles. The highest BCUT2D eigenvalue weighted by Gasteiger charge is 2.15. The molecule has 0 fully saturated rings. The number of likely N-dealkylation sites (N-methyl/N-ethyl adjacent to an activating group) is 1. The van der Waals surface area contributed by atoms with Gasteiger partial charge in [0.1, 0.15) is 6.04 Å². The molecular weight excluding hydrogens is 162 g/mol. The molecule has 11 heavy (non-hydrogen) atoms. The third-order valence-electron chi connectivity index (χ3n) is 1.44. The Balaban J connectivity index is 3.65. The van der Waals surface area contributed by atoms with Crippen molar-refractivity contribution in [2.45, 2.75) is 12.5 Å². The predicted molar refractivity (Wildman–Crippen MR) is 47.9 cm³/mol. The minimum Gasteiger partial charge on any atom is -0.468 e. The van der Waals surface area contributed by atoms with Crippen LogP contribution in [0.2, 0.25) is 0 Å². The number of methoxy groups -OCH3 is 1. The van der Waals surface area contributed by atoms with Crippen molar-refractivity contribution in [1.29, 1.82) is 0 Å². The number of thioether (sulfide) groups is 1. The second-order valence-corrected chi connectivity index (χ2v) is 3.13. The number of rotatable bonds is 5. The minimum atomic E-state index is -0.179. The zero-order valence-corrected chi connectivity index (χ0v) is 8.03. The van der Waals surface area contributed by atoms with E-state index in [1.807, 2.05) is 6.26 Å². The van der Waals surface area contributed by atoms with Crippen LogP contribution in [-0.4, -0.2) is 38.2 Å². The van der Waals surface area contributed by atoms with Crippen LogP contribution in [0.4, 0.5) is 0 Å². The van der Waals surface area contributed by atoms with Crippen molar-refractivity contribution in [3.8, 4) is 0 Å². The maximum absolute atomic E-state index is 11.0. The van der Waals surface area contributed by atoms with E-state index in [4.69, 9.17) is 0 Å². The Morgan fingerprint density at radius 2 is 2.36 bits per heavy atom. The fraction of sp³-hybridized carbons (Fsp3) is 0.857. The van der Waals surface area contributed by atoms with Gasteiger partial charge < -0.3 is 10.1 Å². The molecule has 1 N–H and O–H groups in total. The van der Waals surface area contributed by atoms with Crippen molar-refractivity contribution in [2.75, 3.05) is 26.2 Å². The molecule has 0 unspecified atom stereocenters. The van der Waals surface area contributed by atoms with E-state index in [0.717, 1.165) is 12.2 Å². The fourth-order valence-corrected chi connectivity index (χ4v) is 1.23. The summed E-state index contributed by atoms with van der Waals surface area (Å²) >= 11 is 1.73. The lowest BCUT2D eigenvalue weighted by Gasteiger charge is -2.11. The van der Waals surface area contributed by atoms with Crippen LogP contribution in [0, 0.1) is 0 Å². The third-order valence-corrected chi connectivity index (χ3v) is 2.09. The lowest BCUT2D eigenvalue weighted by molar-refractivity contribution is -0.143. The molecule has 0 aromatic rings. The van der Waals surface area contributed by atoms with Crippen LogP contribution in [0.15, 0.2) is 0 Å². The Kier molecular flexibility index (Phi) is 6.36. The van der Waals surface area contributed by atoms with Crippen LogP contribution in [0.1, 0.15) is 6.42 Å². The monoisotopic (exact) mass is 177 g/mol. The van der Waals surface area contributed by atoms with Crippen molar-refractivity contribution < 1.29 is 9.53 Å². The molecule has 0 spiro atoms.